The summed E-state index contributed by atoms with van der Waals surface area (Å²) in [4.78, 5) is 14.8. The normalized spacial score (nSPS) is 14.6. The first-order valence-electron chi connectivity index (χ1n) is 10.1. The van der Waals surface area contributed by atoms with Gasteiger partial charge >= 0.3 is 0 Å². The predicted octanol–water partition coefficient (Wildman–Crippen LogP) is 3.96. The molecule has 3 rings (SSSR count). The van der Waals surface area contributed by atoms with Crippen LogP contribution in [-0.4, -0.2) is 53.1 Å². The topological polar surface area (TPSA) is 76.2 Å². The van der Waals surface area contributed by atoms with Gasteiger partial charge in [-0.05, 0) is 49.2 Å². The van der Waals surface area contributed by atoms with E-state index < -0.39 is 10.0 Å². The third-order valence-corrected chi connectivity index (χ3v) is 7.32. The van der Waals surface area contributed by atoms with E-state index in [1.807, 2.05) is 0 Å². The Hall–Kier alpha value is -2.45. The largest absolute Gasteiger partial charge is 0.493 e. The third kappa shape index (κ3) is 5.43. The number of benzene rings is 2. The molecule has 168 valence electrons. The summed E-state index contributed by atoms with van der Waals surface area (Å²) in [7, 11) is -1.14. The highest BCUT2D eigenvalue weighted by molar-refractivity contribution is 7.92. The van der Waals surface area contributed by atoms with Gasteiger partial charge in [-0.15, -0.1) is 0 Å². The lowest BCUT2D eigenvalue weighted by molar-refractivity contribution is -0.129. The number of sulfonamides is 1. The van der Waals surface area contributed by atoms with Crippen molar-refractivity contribution in [1.82, 2.24) is 4.90 Å². The maximum Gasteiger partial charge on any atom is 0.264 e. The Balaban J connectivity index is 1.98. The fourth-order valence-corrected chi connectivity index (χ4v) is 5.13. The quantitative estimate of drug-likeness (QED) is 0.617. The van der Waals surface area contributed by atoms with Crippen molar-refractivity contribution in [3.8, 4) is 11.5 Å². The number of hydrogen-bond acceptors (Lipinski definition) is 5. The van der Waals surface area contributed by atoms with Crippen molar-refractivity contribution in [1.29, 1.82) is 0 Å². The molecule has 2 aromatic carbocycles. The minimum absolute atomic E-state index is 0.00349. The number of halogens is 1. The Labute approximate surface area is 188 Å². The summed E-state index contributed by atoms with van der Waals surface area (Å²) in [5.41, 5.74) is 0.363. The number of carbonyl (C=O) groups is 1. The lowest BCUT2D eigenvalue weighted by Gasteiger charge is -2.28. The van der Waals surface area contributed by atoms with E-state index in [2.05, 4.69) is 0 Å². The zero-order valence-corrected chi connectivity index (χ0v) is 19.3. The van der Waals surface area contributed by atoms with Crippen molar-refractivity contribution in [2.24, 2.45) is 0 Å². The van der Waals surface area contributed by atoms with Crippen LogP contribution in [0.2, 0.25) is 5.02 Å². The van der Waals surface area contributed by atoms with Gasteiger partial charge in [0.25, 0.3) is 10.0 Å². The first kappa shape index (κ1) is 23.2. The number of methoxy groups -OCH3 is 2. The van der Waals surface area contributed by atoms with Gasteiger partial charge in [-0.2, -0.15) is 0 Å². The molecule has 0 spiro atoms. The molecular formula is C22H27ClN2O5S. The number of carbonyl (C=O) groups excluding carboxylic acids is 1. The number of nitrogens with zero attached hydrogens (tertiary/aromatic N) is 2. The molecule has 0 N–H and O–H groups in total. The van der Waals surface area contributed by atoms with Crippen molar-refractivity contribution in [3.63, 3.8) is 0 Å². The van der Waals surface area contributed by atoms with E-state index in [0.29, 0.717) is 35.3 Å². The monoisotopic (exact) mass is 466 g/mol. The van der Waals surface area contributed by atoms with Crippen molar-refractivity contribution in [3.05, 3.63) is 47.5 Å². The van der Waals surface area contributed by atoms with Crippen LogP contribution in [-0.2, 0) is 14.8 Å². The van der Waals surface area contributed by atoms with E-state index in [1.165, 1.54) is 32.4 Å². The zero-order chi connectivity index (χ0) is 22.4. The standard InChI is InChI=1S/C22H27ClN2O5S/c1-29-20-12-11-19(15-21(20)30-2)31(27,28)25(18-9-7-17(23)8-10-18)16-22(26)24-13-5-3-4-6-14-24/h7-12,15H,3-6,13-14,16H2,1-2H3. The molecule has 0 bridgehead atoms. The SMILES string of the molecule is COc1ccc(S(=O)(=O)N(CC(=O)N2CCCCCC2)c2ccc(Cl)cc2)cc1OC. The van der Waals surface area contributed by atoms with Gasteiger partial charge < -0.3 is 14.4 Å². The highest BCUT2D eigenvalue weighted by Crippen LogP contribution is 2.32. The Morgan fingerprint density at radius 1 is 0.968 bits per heavy atom. The van der Waals surface area contributed by atoms with Crippen LogP contribution in [0.5, 0.6) is 11.5 Å². The summed E-state index contributed by atoms with van der Waals surface area (Å²) in [6.07, 6.45) is 4.01. The molecule has 7 nitrogen and oxygen atoms in total. The van der Waals surface area contributed by atoms with Crippen LogP contribution in [0.3, 0.4) is 0 Å². The molecule has 0 saturated carbocycles. The summed E-state index contributed by atoms with van der Waals surface area (Å²) in [6, 6.07) is 10.8. The van der Waals surface area contributed by atoms with Gasteiger partial charge in [-0.25, -0.2) is 8.42 Å². The Kier molecular flexibility index (Phi) is 7.67. The molecule has 1 fully saturated rings. The second-order valence-corrected chi connectivity index (χ2v) is 9.60. The Morgan fingerprint density at radius 3 is 2.16 bits per heavy atom. The third-order valence-electron chi connectivity index (χ3n) is 5.30. The minimum atomic E-state index is -4.06. The van der Waals surface area contributed by atoms with Gasteiger partial charge in [0.1, 0.15) is 6.54 Å². The highest BCUT2D eigenvalue weighted by atomic mass is 35.5. The van der Waals surface area contributed by atoms with Crippen LogP contribution < -0.4 is 13.8 Å². The first-order chi connectivity index (χ1) is 14.9. The van der Waals surface area contributed by atoms with Crippen molar-refractivity contribution in [2.45, 2.75) is 30.6 Å². The van der Waals surface area contributed by atoms with Gasteiger partial charge in [-0.1, -0.05) is 24.4 Å². The van der Waals surface area contributed by atoms with Crippen LogP contribution in [0.1, 0.15) is 25.7 Å². The fourth-order valence-electron chi connectivity index (χ4n) is 3.57. The smallest absolute Gasteiger partial charge is 0.264 e. The van der Waals surface area contributed by atoms with Gasteiger partial charge in [0.05, 0.1) is 24.8 Å². The molecule has 0 radical (unpaired) electrons. The second kappa shape index (κ2) is 10.2. The van der Waals surface area contributed by atoms with E-state index in [4.69, 9.17) is 21.1 Å². The molecule has 31 heavy (non-hydrogen) atoms. The minimum Gasteiger partial charge on any atom is -0.493 e. The number of likely N-dealkylation sites (tertiary alicyclic amines) is 1. The average Bonchev–Trinajstić information content (AvgIpc) is 3.07. The highest BCUT2D eigenvalue weighted by Gasteiger charge is 2.30. The van der Waals surface area contributed by atoms with Crippen LogP contribution in [0.15, 0.2) is 47.4 Å². The zero-order valence-electron chi connectivity index (χ0n) is 17.7. The summed E-state index contributed by atoms with van der Waals surface area (Å²) in [5.74, 6) is 0.486. The first-order valence-corrected chi connectivity index (χ1v) is 12.0. The summed E-state index contributed by atoms with van der Waals surface area (Å²) in [5, 5.41) is 0.478. The van der Waals surface area contributed by atoms with E-state index in [1.54, 1.807) is 29.2 Å². The second-order valence-electron chi connectivity index (χ2n) is 7.30. The average molecular weight is 467 g/mol. The lowest BCUT2D eigenvalue weighted by atomic mass is 10.2. The number of hydrogen-bond donors (Lipinski definition) is 0. The van der Waals surface area contributed by atoms with Crippen LogP contribution in [0, 0.1) is 0 Å². The number of ether oxygens (including phenoxy) is 2. The van der Waals surface area contributed by atoms with E-state index >= 15 is 0 Å². The van der Waals surface area contributed by atoms with Crippen LogP contribution in [0.4, 0.5) is 5.69 Å². The molecule has 1 heterocycles. The maximum atomic E-state index is 13.6. The summed E-state index contributed by atoms with van der Waals surface area (Å²) < 4.78 is 38.8. The number of anilines is 1. The number of rotatable bonds is 7. The van der Waals surface area contributed by atoms with E-state index in [-0.39, 0.29) is 17.3 Å². The molecule has 1 saturated heterocycles. The molecule has 2 aromatic rings. The molecule has 0 aromatic heterocycles. The molecular weight excluding hydrogens is 440 g/mol. The van der Waals surface area contributed by atoms with Crippen molar-refractivity contribution in [2.75, 3.05) is 38.2 Å². The molecule has 0 unspecified atom stereocenters. The van der Waals surface area contributed by atoms with E-state index in [9.17, 15) is 13.2 Å². The Morgan fingerprint density at radius 2 is 1.58 bits per heavy atom. The van der Waals surface area contributed by atoms with Gasteiger partial charge in [0.15, 0.2) is 11.5 Å². The molecule has 0 atom stereocenters. The predicted molar refractivity (Wildman–Crippen MR) is 121 cm³/mol. The van der Waals surface area contributed by atoms with E-state index in [0.717, 1.165) is 30.0 Å². The van der Waals surface area contributed by atoms with Gasteiger partial charge in [0, 0.05) is 24.2 Å². The summed E-state index contributed by atoms with van der Waals surface area (Å²) >= 11 is 5.99. The molecule has 9 heteroatoms. The lowest BCUT2D eigenvalue weighted by Crippen LogP contribution is -2.43. The van der Waals surface area contributed by atoms with Gasteiger partial charge in [0.2, 0.25) is 5.91 Å². The molecule has 0 aliphatic carbocycles. The summed E-state index contributed by atoms with van der Waals surface area (Å²) in [6.45, 7) is 0.992. The van der Waals surface area contributed by atoms with Gasteiger partial charge in [-0.3, -0.25) is 9.10 Å². The fraction of sp³-hybridized carbons (Fsp3) is 0.409. The van der Waals surface area contributed by atoms with Crippen LogP contribution >= 0.6 is 11.6 Å². The number of amides is 1. The molecule has 1 amide bonds. The molecule has 1 aliphatic heterocycles. The Bertz CT molecular complexity index is 1000. The van der Waals surface area contributed by atoms with Crippen molar-refractivity contribution >= 4 is 33.2 Å². The molecule has 1 aliphatic rings. The maximum absolute atomic E-state index is 13.6. The van der Waals surface area contributed by atoms with Crippen LogP contribution in [0.25, 0.3) is 0 Å². The van der Waals surface area contributed by atoms with Crippen molar-refractivity contribution < 1.29 is 22.7 Å².